The molecule has 1 aliphatic rings. The molecule has 3 rings (SSSR count). The van der Waals surface area contributed by atoms with E-state index in [9.17, 15) is 4.79 Å². The molecular weight excluding hydrogens is 395 g/mol. The lowest BCUT2D eigenvalue weighted by Crippen LogP contribution is -2.23. The molecule has 4 nitrogen and oxygen atoms in total. The van der Waals surface area contributed by atoms with Crippen LogP contribution in [0.4, 0.5) is 0 Å². The minimum atomic E-state index is 0. The van der Waals surface area contributed by atoms with Crippen molar-refractivity contribution in [1.29, 1.82) is 0 Å². The largest absolute Gasteiger partial charge is 0.492 e. The average Bonchev–Trinajstić information content (AvgIpc) is 3.08. The summed E-state index contributed by atoms with van der Waals surface area (Å²) in [5, 5.41) is 7.13. The fourth-order valence-electron chi connectivity index (χ4n) is 2.76. The number of carbonyl (C=O) groups excluding carboxylic acids is 1. The molecule has 140 valence electrons. The number of amides is 1. The van der Waals surface area contributed by atoms with Crippen molar-refractivity contribution in [3.8, 4) is 5.75 Å². The molecule has 0 unspecified atom stereocenters. The van der Waals surface area contributed by atoms with E-state index in [4.69, 9.17) is 27.9 Å². The summed E-state index contributed by atoms with van der Waals surface area (Å²) < 4.78 is 5.58. The zero-order valence-electron chi connectivity index (χ0n) is 14.2. The minimum absolute atomic E-state index is 0. The van der Waals surface area contributed by atoms with Gasteiger partial charge in [-0.15, -0.1) is 12.4 Å². The molecule has 26 heavy (non-hydrogen) atoms. The van der Waals surface area contributed by atoms with Gasteiger partial charge in [0, 0.05) is 26.1 Å². The molecule has 2 aromatic rings. The molecule has 0 atom stereocenters. The Balaban J connectivity index is 0.00000243. The molecule has 0 fully saturated rings. The lowest BCUT2D eigenvalue weighted by molar-refractivity contribution is -0.121. The number of carbonyl (C=O) groups is 1. The Morgan fingerprint density at radius 3 is 2.81 bits per heavy atom. The molecule has 0 saturated heterocycles. The van der Waals surface area contributed by atoms with Gasteiger partial charge >= 0.3 is 0 Å². The molecule has 2 N–H and O–H groups in total. The fourth-order valence-corrected chi connectivity index (χ4v) is 3.10. The smallest absolute Gasteiger partial charge is 0.220 e. The Morgan fingerprint density at radius 2 is 1.96 bits per heavy atom. The zero-order chi connectivity index (χ0) is 17.6. The van der Waals surface area contributed by atoms with Crippen molar-refractivity contribution in [2.45, 2.75) is 32.5 Å². The number of benzene rings is 2. The van der Waals surface area contributed by atoms with Gasteiger partial charge in [0.2, 0.25) is 5.91 Å². The highest BCUT2D eigenvalue weighted by Crippen LogP contribution is 2.31. The van der Waals surface area contributed by atoms with Crippen LogP contribution in [0.15, 0.2) is 36.4 Å². The van der Waals surface area contributed by atoms with Crippen molar-refractivity contribution < 1.29 is 9.53 Å². The van der Waals surface area contributed by atoms with Gasteiger partial charge in [-0.2, -0.15) is 0 Å². The first kappa shape index (κ1) is 20.8. The van der Waals surface area contributed by atoms with Gasteiger partial charge in [0.25, 0.3) is 0 Å². The summed E-state index contributed by atoms with van der Waals surface area (Å²) in [6.45, 7) is 2.80. The maximum absolute atomic E-state index is 12.0. The van der Waals surface area contributed by atoms with E-state index in [0.717, 1.165) is 18.7 Å². The van der Waals surface area contributed by atoms with E-state index in [0.29, 0.717) is 41.8 Å². The standard InChI is InChI=1S/C19H20Cl2N2O2.ClH/c20-16-3-1-4-17(19(16)21)25-8-2-5-18(24)23-10-13-6-7-14-11-22-12-15(14)9-13;/h1,3-4,6-7,9,22H,2,5,8,10-12H2,(H,23,24);1H. The highest BCUT2D eigenvalue weighted by molar-refractivity contribution is 6.42. The normalized spacial score (nSPS) is 12.2. The second-order valence-corrected chi connectivity index (χ2v) is 6.77. The first-order valence-electron chi connectivity index (χ1n) is 8.28. The molecule has 1 aliphatic heterocycles. The predicted molar refractivity (Wildman–Crippen MR) is 107 cm³/mol. The quantitative estimate of drug-likeness (QED) is 0.655. The van der Waals surface area contributed by atoms with Crippen molar-refractivity contribution >= 4 is 41.5 Å². The maximum Gasteiger partial charge on any atom is 0.220 e. The fraction of sp³-hybridized carbons (Fsp3) is 0.316. The Morgan fingerprint density at radius 1 is 1.15 bits per heavy atom. The second-order valence-electron chi connectivity index (χ2n) is 5.99. The lowest BCUT2D eigenvalue weighted by atomic mass is 10.1. The maximum atomic E-state index is 12.0. The van der Waals surface area contributed by atoms with Crippen molar-refractivity contribution in [2.24, 2.45) is 0 Å². The highest BCUT2D eigenvalue weighted by atomic mass is 35.5. The van der Waals surface area contributed by atoms with Crippen molar-refractivity contribution in [2.75, 3.05) is 6.61 Å². The van der Waals surface area contributed by atoms with Crippen LogP contribution in [-0.4, -0.2) is 12.5 Å². The summed E-state index contributed by atoms with van der Waals surface area (Å²) in [7, 11) is 0. The first-order valence-corrected chi connectivity index (χ1v) is 9.04. The lowest BCUT2D eigenvalue weighted by Gasteiger charge is -2.09. The van der Waals surface area contributed by atoms with Gasteiger partial charge in [-0.05, 0) is 35.2 Å². The van der Waals surface area contributed by atoms with E-state index in [1.807, 2.05) is 0 Å². The summed E-state index contributed by atoms with van der Waals surface area (Å²) in [5.74, 6) is 0.556. The van der Waals surface area contributed by atoms with Crippen LogP contribution < -0.4 is 15.4 Å². The summed E-state index contributed by atoms with van der Waals surface area (Å²) in [6, 6.07) is 11.6. The van der Waals surface area contributed by atoms with Crippen molar-refractivity contribution in [3.05, 3.63) is 63.1 Å². The van der Waals surface area contributed by atoms with Gasteiger partial charge in [-0.3, -0.25) is 4.79 Å². The predicted octanol–water partition coefficient (Wildman–Crippen LogP) is 4.49. The SMILES string of the molecule is Cl.O=C(CCCOc1cccc(Cl)c1Cl)NCc1ccc2c(c1)CNC2. The number of fused-ring (bicyclic) bond motifs is 1. The van der Waals surface area contributed by atoms with E-state index >= 15 is 0 Å². The third kappa shape index (κ3) is 5.52. The molecule has 1 heterocycles. The molecule has 0 spiro atoms. The Bertz CT molecular complexity index is 768. The van der Waals surface area contributed by atoms with E-state index in [2.05, 4.69) is 28.8 Å². The van der Waals surface area contributed by atoms with Gasteiger partial charge < -0.3 is 15.4 Å². The molecule has 2 aromatic carbocycles. The van der Waals surface area contributed by atoms with Crippen molar-refractivity contribution in [1.82, 2.24) is 10.6 Å². The number of ether oxygens (including phenoxy) is 1. The number of hydrogen-bond acceptors (Lipinski definition) is 3. The molecule has 0 saturated carbocycles. The van der Waals surface area contributed by atoms with Crippen LogP contribution in [0.5, 0.6) is 5.75 Å². The zero-order valence-corrected chi connectivity index (χ0v) is 16.5. The van der Waals surface area contributed by atoms with Crippen LogP contribution in [0.25, 0.3) is 0 Å². The van der Waals surface area contributed by atoms with Gasteiger partial charge in [-0.25, -0.2) is 0 Å². The van der Waals surface area contributed by atoms with E-state index < -0.39 is 0 Å². The first-order chi connectivity index (χ1) is 12.1. The number of rotatable bonds is 7. The summed E-state index contributed by atoms with van der Waals surface area (Å²) in [5.41, 5.74) is 3.78. The number of hydrogen-bond donors (Lipinski definition) is 2. The summed E-state index contributed by atoms with van der Waals surface area (Å²) in [4.78, 5) is 12.0. The third-order valence-corrected chi connectivity index (χ3v) is 4.91. The molecular formula is C19H21Cl3N2O2. The van der Waals surface area contributed by atoms with Crippen LogP contribution >= 0.6 is 35.6 Å². The minimum Gasteiger partial charge on any atom is -0.492 e. The number of halogens is 3. The number of nitrogens with one attached hydrogen (secondary N) is 2. The van der Waals surface area contributed by atoms with Crippen LogP contribution in [0.3, 0.4) is 0 Å². The monoisotopic (exact) mass is 414 g/mol. The summed E-state index contributed by atoms with van der Waals surface area (Å²) >= 11 is 12.0. The van der Waals surface area contributed by atoms with E-state index in [1.54, 1.807) is 18.2 Å². The molecule has 1 amide bonds. The van der Waals surface area contributed by atoms with Crippen LogP contribution in [0.2, 0.25) is 10.0 Å². The van der Waals surface area contributed by atoms with Crippen LogP contribution in [0.1, 0.15) is 29.5 Å². The van der Waals surface area contributed by atoms with Gasteiger partial charge in [-0.1, -0.05) is 47.5 Å². The van der Waals surface area contributed by atoms with Crippen LogP contribution in [0, 0.1) is 0 Å². The Hall–Kier alpha value is -1.46. The molecule has 0 bridgehead atoms. The van der Waals surface area contributed by atoms with E-state index in [1.165, 1.54) is 11.1 Å². The Kier molecular flexibility index (Phi) is 8.04. The second kappa shape index (κ2) is 10.0. The molecule has 0 radical (unpaired) electrons. The molecule has 0 aromatic heterocycles. The Labute approximate surface area is 169 Å². The topological polar surface area (TPSA) is 50.4 Å². The van der Waals surface area contributed by atoms with Crippen LogP contribution in [-0.2, 0) is 24.4 Å². The third-order valence-electron chi connectivity index (χ3n) is 4.11. The van der Waals surface area contributed by atoms with Crippen molar-refractivity contribution in [3.63, 3.8) is 0 Å². The van der Waals surface area contributed by atoms with E-state index in [-0.39, 0.29) is 18.3 Å². The molecule has 7 heteroatoms. The summed E-state index contributed by atoms with van der Waals surface area (Å²) in [6.07, 6.45) is 1.02. The molecule has 0 aliphatic carbocycles. The average molecular weight is 416 g/mol. The van der Waals surface area contributed by atoms with Gasteiger partial charge in [0.15, 0.2) is 0 Å². The highest BCUT2D eigenvalue weighted by Gasteiger charge is 2.10. The van der Waals surface area contributed by atoms with Gasteiger partial charge in [0.1, 0.15) is 10.8 Å². The van der Waals surface area contributed by atoms with Gasteiger partial charge in [0.05, 0.1) is 11.6 Å².